The molecule has 4 fully saturated rings. The first-order chi connectivity index (χ1) is 11.0. The van der Waals surface area contributed by atoms with Gasteiger partial charge in [-0.1, -0.05) is 0 Å². The van der Waals surface area contributed by atoms with Crippen LogP contribution in [0.4, 0.5) is 5.13 Å². The summed E-state index contributed by atoms with van der Waals surface area (Å²) in [5.74, 6) is 1.40. The van der Waals surface area contributed by atoms with Crippen molar-refractivity contribution in [3.63, 3.8) is 0 Å². The van der Waals surface area contributed by atoms with E-state index in [1.54, 1.807) is 0 Å². The average molecular weight is 334 g/mol. The number of carboxylic acid groups (broad SMARTS) is 1. The number of hydrogen-bond acceptors (Lipinski definition) is 4. The molecule has 0 atom stereocenters. The van der Waals surface area contributed by atoms with Crippen LogP contribution in [0.1, 0.15) is 57.1 Å². The van der Waals surface area contributed by atoms with Crippen LogP contribution >= 0.6 is 11.3 Å². The maximum atomic E-state index is 11.8. The van der Waals surface area contributed by atoms with Gasteiger partial charge in [0.1, 0.15) is 0 Å². The Balaban J connectivity index is 1.46. The average Bonchev–Trinajstić information content (AvgIpc) is 2.93. The van der Waals surface area contributed by atoms with E-state index in [0.29, 0.717) is 5.13 Å². The molecule has 0 radical (unpaired) electrons. The van der Waals surface area contributed by atoms with Crippen molar-refractivity contribution in [2.75, 3.05) is 5.32 Å². The number of amides is 1. The molecule has 1 aromatic rings. The first kappa shape index (κ1) is 15.1. The Morgan fingerprint density at radius 2 is 1.78 bits per heavy atom. The van der Waals surface area contributed by atoms with Gasteiger partial charge in [-0.3, -0.25) is 9.59 Å². The molecule has 5 rings (SSSR count). The number of hydrogen-bond donors (Lipinski definition) is 2. The number of nitrogens with one attached hydrogen (secondary N) is 1. The largest absolute Gasteiger partial charge is 0.481 e. The summed E-state index contributed by atoms with van der Waals surface area (Å²) in [7, 11) is 0. The Morgan fingerprint density at radius 1 is 1.17 bits per heavy atom. The number of anilines is 1. The van der Waals surface area contributed by atoms with Crippen LogP contribution in [0.25, 0.3) is 0 Å². The van der Waals surface area contributed by atoms with Gasteiger partial charge in [-0.05, 0) is 56.3 Å². The third-order valence-corrected chi connectivity index (χ3v) is 6.66. The Hall–Kier alpha value is -1.43. The van der Waals surface area contributed by atoms with E-state index < -0.39 is 5.97 Å². The molecule has 0 spiro atoms. The highest BCUT2D eigenvalue weighted by Gasteiger charge is 2.52. The van der Waals surface area contributed by atoms with Gasteiger partial charge < -0.3 is 10.4 Å². The number of nitrogens with zero attached hydrogens (tertiary/aromatic N) is 1. The van der Waals surface area contributed by atoms with Gasteiger partial charge in [-0.25, -0.2) is 4.98 Å². The molecule has 1 aromatic heterocycles. The molecule has 1 amide bonds. The van der Waals surface area contributed by atoms with Gasteiger partial charge in [0.2, 0.25) is 5.91 Å². The summed E-state index contributed by atoms with van der Waals surface area (Å²) < 4.78 is 0. The van der Waals surface area contributed by atoms with E-state index in [4.69, 9.17) is 10.1 Å². The topological polar surface area (TPSA) is 79.3 Å². The maximum absolute atomic E-state index is 11.8. The van der Waals surface area contributed by atoms with Crippen molar-refractivity contribution >= 4 is 28.3 Å². The van der Waals surface area contributed by atoms with E-state index in [-0.39, 0.29) is 24.2 Å². The summed E-state index contributed by atoms with van der Waals surface area (Å²) in [6.07, 6.45) is 7.85. The zero-order valence-electron chi connectivity index (χ0n) is 13.1. The van der Waals surface area contributed by atoms with Crippen molar-refractivity contribution in [1.82, 2.24) is 4.98 Å². The van der Waals surface area contributed by atoms with Gasteiger partial charge in [0.25, 0.3) is 0 Å². The normalized spacial score (nSPS) is 34.5. The van der Waals surface area contributed by atoms with Crippen LogP contribution in [0.5, 0.6) is 0 Å². The molecule has 1 heterocycles. The molecule has 0 aliphatic heterocycles. The highest BCUT2D eigenvalue weighted by atomic mass is 32.1. The van der Waals surface area contributed by atoms with Crippen LogP contribution in [-0.2, 0) is 15.0 Å². The van der Waals surface area contributed by atoms with Gasteiger partial charge in [-0.2, -0.15) is 0 Å². The summed E-state index contributed by atoms with van der Waals surface area (Å²) >= 11 is 1.47. The second-order valence-electron chi connectivity index (χ2n) is 7.68. The first-order valence-electron chi connectivity index (χ1n) is 8.50. The monoisotopic (exact) mass is 334 g/mol. The quantitative estimate of drug-likeness (QED) is 0.865. The summed E-state index contributed by atoms with van der Waals surface area (Å²) in [6.45, 7) is 0. The van der Waals surface area contributed by atoms with Crippen LogP contribution in [0.15, 0.2) is 5.38 Å². The minimum absolute atomic E-state index is 0.00160. The lowest BCUT2D eigenvalue weighted by Gasteiger charge is -2.56. The van der Waals surface area contributed by atoms with E-state index in [1.807, 2.05) is 0 Å². The van der Waals surface area contributed by atoms with E-state index in [2.05, 4.69) is 10.7 Å². The summed E-state index contributed by atoms with van der Waals surface area (Å²) in [6, 6.07) is 0. The molecule has 4 bridgehead atoms. The molecule has 0 saturated heterocycles. The van der Waals surface area contributed by atoms with Crippen LogP contribution in [-0.4, -0.2) is 22.0 Å². The summed E-state index contributed by atoms with van der Waals surface area (Å²) in [5, 5.41) is 14.1. The second-order valence-corrected chi connectivity index (χ2v) is 8.54. The van der Waals surface area contributed by atoms with Crippen molar-refractivity contribution < 1.29 is 14.7 Å². The Kier molecular flexibility index (Phi) is 3.67. The van der Waals surface area contributed by atoms with E-state index in [1.165, 1.54) is 49.9 Å². The third-order valence-electron chi connectivity index (χ3n) is 5.90. The lowest BCUT2D eigenvalue weighted by molar-refractivity contribution is -0.138. The number of thiazole rings is 1. The molecule has 23 heavy (non-hydrogen) atoms. The maximum Gasteiger partial charge on any atom is 0.303 e. The molecule has 124 valence electrons. The van der Waals surface area contributed by atoms with E-state index in [9.17, 15) is 9.59 Å². The zero-order valence-corrected chi connectivity index (χ0v) is 13.9. The van der Waals surface area contributed by atoms with E-state index >= 15 is 0 Å². The minimum Gasteiger partial charge on any atom is -0.481 e. The lowest BCUT2D eigenvalue weighted by Crippen LogP contribution is -2.48. The molecule has 0 aromatic carbocycles. The predicted molar refractivity (Wildman–Crippen MR) is 87.5 cm³/mol. The van der Waals surface area contributed by atoms with Crippen LogP contribution < -0.4 is 5.32 Å². The van der Waals surface area contributed by atoms with Crippen LogP contribution in [0.3, 0.4) is 0 Å². The molecule has 5 nitrogen and oxygen atoms in total. The number of aromatic nitrogens is 1. The standard InChI is InChI=1S/C17H22N2O3S/c20-14(1-2-15(21)22)19-16-18-13(9-23-16)17-6-10-3-11(7-17)5-12(4-10)8-17/h9-12H,1-8H2,(H,21,22)(H,18,19,20). The number of rotatable bonds is 5. The number of carbonyl (C=O) groups excluding carboxylic acids is 1. The second kappa shape index (κ2) is 5.58. The summed E-state index contributed by atoms with van der Waals surface area (Å²) in [5.41, 5.74) is 1.41. The van der Waals surface area contributed by atoms with Crippen LogP contribution in [0, 0.1) is 17.8 Å². The molecule has 4 aliphatic rings. The minimum atomic E-state index is -0.950. The Bertz CT molecular complexity index is 604. The smallest absolute Gasteiger partial charge is 0.303 e. The highest BCUT2D eigenvalue weighted by molar-refractivity contribution is 7.13. The Labute approximate surface area is 139 Å². The molecule has 4 saturated carbocycles. The molecular formula is C17H22N2O3S. The van der Waals surface area contributed by atoms with Crippen molar-refractivity contribution in [1.29, 1.82) is 0 Å². The van der Waals surface area contributed by atoms with Crippen molar-refractivity contribution in [3.05, 3.63) is 11.1 Å². The highest BCUT2D eigenvalue weighted by Crippen LogP contribution is 2.60. The molecular weight excluding hydrogens is 312 g/mol. The van der Waals surface area contributed by atoms with Crippen LogP contribution in [0.2, 0.25) is 0 Å². The number of carbonyl (C=O) groups is 2. The van der Waals surface area contributed by atoms with Gasteiger partial charge in [-0.15, -0.1) is 11.3 Å². The van der Waals surface area contributed by atoms with Gasteiger partial charge in [0.05, 0.1) is 12.1 Å². The zero-order chi connectivity index (χ0) is 16.0. The SMILES string of the molecule is O=C(O)CCC(=O)Nc1nc(C23CC4CC(CC(C4)C2)C3)cs1. The number of aliphatic carboxylic acids is 1. The molecule has 0 unspecified atom stereocenters. The lowest BCUT2D eigenvalue weighted by atomic mass is 9.49. The van der Waals surface area contributed by atoms with E-state index in [0.717, 1.165) is 23.4 Å². The number of carboxylic acids is 1. The fourth-order valence-corrected chi connectivity index (χ4v) is 6.25. The first-order valence-corrected chi connectivity index (χ1v) is 9.38. The fraction of sp³-hybridized carbons (Fsp3) is 0.706. The molecule has 2 N–H and O–H groups in total. The van der Waals surface area contributed by atoms with Gasteiger partial charge in [0.15, 0.2) is 5.13 Å². The van der Waals surface area contributed by atoms with Crippen molar-refractivity contribution in [2.45, 2.75) is 56.8 Å². The summed E-state index contributed by atoms with van der Waals surface area (Å²) in [4.78, 5) is 27.0. The Morgan fingerprint density at radius 3 is 2.35 bits per heavy atom. The van der Waals surface area contributed by atoms with Crippen molar-refractivity contribution in [2.24, 2.45) is 17.8 Å². The fourth-order valence-electron chi connectivity index (χ4n) is 5.40. The third kappa shape index (κ3) is 2.89. The molecule has 6 heteroatoms. The van der Waals surface area contributed by atoms with Gasteiger partial charge >= 0.3 is 5.97 Å². The van der Waals surface area contributed by atoms with Crippen molar-refractivity contribution in [3.8, 4) is 0 Å². The molecule has 4 aliphatic carbocycles. The predicted octanol–water partition coefficient (Wildman–Crippen LogP) is 3.41. The van der Waals surface area contributed by atoms with Gasteiger partial charge in [0, 0.05) is 17.2 Å².